The Kier molecular flexibility index (Phi) is 5.47. The Morgan fingerprint density at radius 3 is 2.53 bits per heavy atom. The number of fused-ring (bicyclic) bond motifs is 4. The van der Waals surface area contributed by atoms with Crippen LogP contribution < -0.4 is 21.5 Å². The lowest BCUT2D eigenvalue weighted by Crippen LogP contribution is -2.46. The molecule has 1 saturated carbocycles. The summed E-state index contributed by atoms with van der Waals surface area (Å²) in [5, 5.41) is 3.49. The van der Waals surface area contributed by atoms with Crippen molar-refractivity contribution in [3.05, 3.63) is 74.9 Å². The zero-order valence-corrected chi connectivity index (χ0v) is 19.7. The first-order chi connectivity index (χ1) is 17.5. The summed E-state index contributed by atoms with van der Waals surface area (Å²) in [6.07, 6.45) is 4.61. The fourth-order valence-corrected chi connectivity index (χ4v) is 5.49. The zero-order chi connectivity index (χ0) is 24.8. The van der Waals surface area contributed by atoms with Crippen molar-refractivity contribution < 1.29 is 14.0 Å². The minimum Gasteiger partial charge on any atom is -0.449 e. The van der Waals surface area contributed by atoms with Gasteiger partial charge in [-0.2, -0.15) is 0 Å². The maximum atomic E-state index is 13.6. The lowest BCUT2D eigenvalue weighted by molar-refractivity contribution is -0.122. The largest absolute Gasteiger partial charge is 0.449 e. The first kappa shape index (κ1) is 22.3. The predicted octanol–water partition coefficient (Wildman–Crippen LogP) is 2.56. The van der Waals surface area contributed by atoms with Crippen LogP contribution in [0.5, 0.6) is 0 Å². The Bertz CT molecular complexity index is 1620. The highest BCUT2D eigenvalue weighted by molar-refractivity contribution is 6.03. The fraction of sp³-hybridized carbons (Fsp3) is 0.333. The van der Waals surface area contributed by atoms with Crippen LogP contribution in [0.4, 0.5) is 5.69 Å². The molecular weight excluding hydrogens is 460 g/mol. The molecule has 0 saturated heterocycles. The maximum Gasteiger partial charge on any atom is 0.332 e. The van der Waals surface area contributed by atoms with Crippen LogP contribution >= 0.6 is 0 Å². The van der Waals surface area contributed by atoms with E-state index in [2.05, 4.69) is 5.32 Å². The van der Waals surface area contributed by atoms with Crippen LogP contribution in [0.25, 0.3) is 22.1 Å². The normalized spacial score (nSPS) is 15.6. The van der Waals surface area contributed by atoms with Gasteiger partial charge in [0.25, 0.3) is 5.56 Å². The molecule has 1 fully saturated rings. The number of furan rings is 1. The van der Waals surface area contributed by atoms with E-state index in [1.807, 2.05) is 24.3 Å². The number of hydrogen-bond acceptors (Lipinski definition) is 5. The molecule has 184 valence electrons. The van der Waals surface area contributed by atoms with Gasteiger partial charge in [-0.3, -0.25) is 19.0 Å². The molecule has 2 amide bonds. The summed E-state index contributed by atoms with van der Waals surface area (Å²) in [6.45, 7) is -0.189. The third kappa shape index (κ3) is 3.71. The Hall–Kier alpha value is -4.14. The molecule has 1 aliphatic heterocycles. The van der Waals surface area contributed by atoms with Gasteiger partial charge in [0.05, 0.1) is 0 Å². The fourth-order valence-electron chi connectivity index (χ4n) is 5.49. The predicted molar refractivity (Wildman–Crippen MR) is 135 cm³/mol. The van der Waals surface area contributed by atoms with Crippen LogP contribution in [-0.4, -0.2) is 33.5 Å². The number of rotatable bonds is 5. The molecule has 2 aromatic carbocycles. The number of carbonyl (C=O) groups excluding carboxylic acids is 2. The summed E-state index contributed by atoms with van der Waals surface area (Å²) in [7, 11) is 0. The Morgan fingerprint density at radius 1 is 0.944 bits per heavy atom. The number of nitrogens with zero attached hydrogens (tertiary/aromatic N) is 3. The van der Waals surface area contributed by atoms with E-state index in [1.54, 1.807) is 29.2 Å². The van der Waals surface area contributed by atoms with Gasteiger partial charge in [0.2, 0.25) is 17.4 Å². The van der Waals surface area contributed by atoms with E-state index < -0.39 is 23.7 Å². The molecule has 1 aliphatic carbocycles. The van der Waals surface area contributed by atoms with Crippen molar-refractivity contribution in [1.29, 1.82) is 0 Å². The zero-order valence-electron chi connectivity index (χ0n) is 19.7. The molecule has 0 bridgehead atoms. The van der Waals surface area contributed by atoms with Crippen molar-refractivity contribution >= 4 is 39.6 Å². The van der Waals surface area contributed by atoms with E-state index in [0.717, 1.165) is 47.9 Å². The molecular formula is C27H26N4O5. The summed E-state index contributed by atoms with van der Waals surface area (Å²) < 4.78 is 8.00. The molecule has 0 atom stereocenters. The third-order valence-electron chi connectivity index (χ3n) is 7.24. The van der Waals surface area contributed by atoms with E-state index in [-0.39, 0.29) is 29.6 Å². The number of aromatic nitrogens is 2. The lowest BCUT2D eigenvalue weighted by atomic mass is 10.2. The van der Waals surface area contributed by atoms with E-state index in [0.29, 0.717) is 17.5 Å². The van der Waals surface area contributed by atoms with Gasteiger partial charge in [0, 0.05) is 23.7 Å². The molecule has 2 aromatic heterocycles. The first-order valence-corrected chi connectivity index (χ1v) is 12.3. The van der Waals surface area contributed by atoms with Crippen LogP contribution in [-0.2, 0) is 29.1 Å². The number of nitrogens with one attached hydrogen (secondary N) is 1. The SMILES string of the molecule is O=C(Cn1c(=O)c2oc3ccccc3c2n(CC(=O)N2CCc3ccccc32)c1=O)NC1CCCC1. The number of hydrogen-bond donors (Lipinski definition) is 1. The minimum atomic E-state index is -0.707. The standard InChI is InChI=1S/C27H26N4O5/c32-22(28-18-8-2-3-9-18)15-31-26(34)25-24(19-10-4-6-12-21(19)36-25)30(27(31)35)16-23(33)29-14-13-17-7-1-5-11-20(17)29/h1,4-7,10-12,18H,2-3,8-9,13-16H2,(H,28,32). The van der Waals surface area contributed by atoms with Crippen LogP contribution in [0.2, 0.25) is 0 Å². The molecule has 1 N–H and O–H groups in total. The van der Waals surface area contributed by atoms with Crippen LogP contribution in [0.1, 0.15) is 31.2 Å². The second-order valence-corrected chi connectivity index (χ2v) is 9.51. The second kappa shape index (κ2) is 8.82. The highest BCUT2D eigenvalue weighted by atomic mass is 16.3. The second-order valence-electron chi connectivity index (χ2n) is 9.51. The molecule has 4 aromatic rings. The van der Waals surface area contributed by atoms with Crippen molar-refractivity contribution in [2.75, 3.05) is 11.4 Å². The Labute approximate surface area is 205 Å². The molecule has 0 spiro atoms. The summed E-state index contributed by atoms with van der Waals surface area (Å²) in [5.74, 6) is -0.669. The highest BCUT2D eigenvalue weighted by Crippen LogP contribution is 2.29. The average Bonchev–Trinajstić information content (AvgIpc) is 3.63. The Balaban J connectivity index is 1.43. The van der Waals surface area contributed by atoms with Gasteiger partial charge in [-0.25, -0.2) is 9.36 Å². The summed E-state index contributed by atoms with van der Waals surface area (Å²) >= 11 is 0. The van der Waals surface area contributed by atoms with Crippen molar-refractivity contribution in [3.8, 4) is 0 Å². The van der Waals surface area contributed by atoms with Crippen LogP contribution in [0, 0.1) is 0 Å². The average molecular weight is 487 g/mol. The van der Waals surface area contributed by atoms with Gasteiger partial charge >= 0.3 is 5.69 Å². The van der Waals surface area contributed by atoms with Crippen LogP contribution in [0.3, 0.4) is 0 Å². The highest BCUT2D eigenvalue weighted by Gasteiger charge is 2.28. The first-order valence-electron chi connectivity index (χ1n) is 12.3. The van der Waals surface area contributed by atoms with Gasteiger partial charge in [0.15, 0.2) is 0 Å². The quantitative estimate of drug-likeness (QED) is 0.467. The molecule has 2 aliphatic rings. The summed E-state index contributed by atoms with van der Waals surface area (Å²) in [5.41, 5.74) is 1.18. The van der Waals surface area contributed by atoms with Gasteiger partial charge in [-0.15, -0.1) is 0 Å². The lowest BCUT2D eigenvalue weighted by Gasteiger charge is -2.19. The van der Waals surface area contributed by atoms with Crippen LogP contribution in [0.15, 0.2) is 62.5 Å². The van der Waals surface area contributed by atoms with Gasteiger partial charge in [0.1, 0.15) is 24.2 Å². The number of anilines is 1. The molecule has 0 radical (unpaired) electrons. The Morgan fingerprint density at radius 2 is 1.69 bits per heavy atom. The van der Waals surface area contributed by atoms with E-state index in [1.165, 1.54) is 4.57 Å². The van der Waals surface area contributed by atoms with Gasteiger partial charge in [-0.1, -0.05) is 43.2 Å². The topological polar surface area (TPSA) is 107 Å². The molecule has 0 unspecified atom stereocenters. The molecule has 6 rings (SSSR count). The molecule has 9 nitrogen and oxygen atoms in total. The molecule has 3 heterocycles. The van der Waals surface area contributed by atoms with Crippen molar-refractivity contribution in [1.82, 2.24) is 14.5 Å². The van der Waals surface area contributed by atoms with E-state index >= 15 is 0 Å². The number of amides is 2. The van der Waals surface area contributed by atoms with E-state index in [9.17, 15) is 19.2 Å². The summed E-state index contributed by atoms with van der Waals surface area (Å²) in [6, 6.07) is 14.8. The molecule has 9 heteroatoms. The monoisotopic (exact) mass is 486 g/mol. The number of carbonyl (C=O) groups is 2. The molecule has 36 heavy (non-hydrogen) atoms. The van der Waals surface area contributed by atoms with Gasteiger partial charge < -0.3 is 14.6 Å². The van der Waals surface area contributed by atoms with E-state index in [4.69, 9.17) is 4.42 Å². The smallest absolute Gasteiger partial charge is 0.332 e. The van der Waals surface area contributed by atoms with Crippen molar-refractivity contribution in [2.45, 2.75) is 51.2 Å². The summed E-state index contributed by atoms with van der Waals surface area (Å²) in [4.78, 5) is 54.8. The number of benzene rings is 2. The maximum absolute atomic E-state index is 13.6. The minimum absolute atomic E-state index is 0.0425. The van der Waals surface area contributed by atoms with Crippen molar-refractivity contribution in [2.24, 2.45) is 0 Å². The van der Waals surface area contributed by atoms with Crippen molar-refractivity contribution in [3.63, 3.8) is 0 Å². The number of para-hydroxylation sites is 2. The third-order valence-corrected chi connectivity index (χ3v) is 7.24. The van der Waals surface area contributed by atoms with Gasteiger partial charge in [-0.05, 0) is 43.0 Å².